The summed E-state index contributed by atoms with van der Waals surface area (Å²) in [4.78, 5) is 41.0. The summed E-state index contributed by atoms with van der Waals surface area (Å²) in [6, 6.07) is 23.1. The minimum absolute atomic E-state index is 0.168. The molecule has 2 bridgehead atoms. The first-order chi connectivity index (χ1) is 16.1. The molecule has 6 nitrogen and oxygen atoms in total. The van der Waals surface area contributed by atoms with Gasteiger partial charge in [-0.3, -0.25) is 19.3 Å². The van der Waals surface area contributed by atoms with E-state index in [1.54, 1.807) is 31.4 Å². The predicted octanol–water partition coefficient (Wildman–Crippen LogP) is 3.53. The molecule has 1 saturated heterocycles. The standard InChI is InChI=1S/C27H22N2O4/c1-33-16-12-10-15(11-13-16)28-21(30)14-29-26(31)24-22-17-6-2-3-7-18(17)23(25(24)27(29)32)20-9-5-4-8-19(20)22/h2-13,22-25H,14H2,1H3,(H,28,30)/t22?,23?,24-,25+. The number of imide groups is 1. The maximum atomic E-state index is 13.5. The van der Waals surface area contributed by atoms with Gasteiger partial charge in [0.1, 0.15) is 12.3 Å². The molecule has 0 aromatic heterocycles. The van der Waals surface area contributed by atoms with Gasteiger partial charge in [0.05, 0.1) is 18.9 Å². The summed E-state index contributed by atoms with van der Waals surface area (Å²) < 4.78 is 5.13. The topological polar surface area (TPSA) is 75.7 Å². The van der Waals surface area contributed by atoms with Gasteiger partial charge < -0.3 is 10.1 Å². The van der Waals surface area contributed by atoms with Gasteiger partial charge in [-0.2, -0.15) is 0 Å². The van der Waals surface area contributed by atoms with E-state index >= 15 is 0 Å². The summed E-state index contributed by atoms with van der Waals surface area (Å²) in [5.41, 5.74) is 5.06. The van der Waals surface area contributed by atoms with Crippen LogP contribution in [0.4, 0.5) is 5.69 Å². The van der Waals surface area contributed by atoms with Crippen molar-refractivity contribution in [2.24, 2.45) is 11.8 Å². The van der Waals surface area contributed by atoms with Crippen molar-refractivity contribution in [2.45, 2.75) is 11.8 Å². The Labute approximate surface area is 191 Å². The molecule has 33 heavy (non-hydrogen) atoms. The SMILES string of the molecule is COc1ccc(NC(=O)CN2C(=O)[C@@H]3C4c5ccccc5C(c5ccccc54)[C@@H]3C2=O)cc1. The van der Waals surface area contributed by atoms with Gasteiger partial charge in [-0.25, -0.2) is 0 Å². The zero-order valence-electron chi connectivity index (χ0n) is 18.0. The second kappa shape index (κ2) is 7.30. The van der Waals surface area contributed by atoms with Gasteiger partial charge in [0.15, 0.2) is 0 Å². The monoisotopic (exact) mass is 438 g/mol. The van der Waals surface area contributed by atoms with Crippen LogP contribution < -0.4 is 10.1 Å². The third-order valence-electron chi connectivity index (χ3n) is 7.22. The second-order valence-corrected chi connectivity index (χ2v) is 8.80. The van der Waals surface area contributed by atoms with Crippen LogP contribution in [0.5, 0.6) is 5.75 Å². The minimum atomic E-state index is -0.471. The van der Waals surface area contributed by atoms with Crippen LogP contribution in [0.1, 0.15) is 34.1 Å². The first-order valence-electron chi connectivity index (χ1n) is 11.0. The molecule has 0 saturated carbocycles. The van der Waals surface area contributed by atoms with Crippen LogP contribution in [0.2, 0.25) is 0 Å². The molecule has 164 valence electrons. The van der Waals surface area contributed by atoms with Crippen molar-refractivity contribution in [2.75, 3.05) is 19.0 Å². The summed E-state index contributed by atoms with van der Waals surface area (Å²) in [6.07, 6.45) is 0. The number of amides is 3. The van der Waals surface area contributed by atoms with E-state index in [1.807, 2.05) is 24.3 Å². The van der Waals surface area contributed by atoms with Gasteiger partial charge in [0, 0.05) is 17.5 Å². The molecule has 0 spiro atoms. The minimum Gasteiger partial charge on any atom is -0.497 e. The van der Waals surface area contributed by atoms with E-state index in [9.17, 15) is 14.4 Å². The van der Waals surface area contributed by atoms with Crippen molar-refractivity contribution >= 4 is 23.4 Å². The number of nitrogens with zero attached hydrogens (tertiary/aromatic N) is 1. The number of carbonyl (C=O) groups excluding carboxylic acids is 3. The average Bonchev–Trinajstić information content (AvgIpc) is 3.10. The first kappa shape index (κ1) is 19.7. The maximum Gasteiger partial charge on any atom is 0.244 e. The Bertz CT molecular complexity index is 1180. The van der Waals surface area contributed by atoms with E-state index in [-0.39, 0.29) is 30.2 Å². The highest BCUT2D eigenvalue weighted by Crippen LogP contribution is 2.60. The fourth-order valence-corrected chi connectivity index (χ4v) is 5.91. The molecule has 1 N–H and O–H groups in total. The van der Waals surface area contributed by atoms with Crippen LogP contribution in [0.15, 0.2) is 72.8 Å². The lowest BCUT2D eigenvalue weighted by atomic mass is 9.55. The fraction of sp³-hybridized carbons (Fsp3) is 0.222. The molecular weight excluding hydrogens is 416 g/mol. The molecule has 7 rings (SSSR count). The van der Waals surface area contributed by atoms with Crippen molar-refractivity contribution in [3.63, 3.8) is 0 Å². The molecule has 0 radical (unpaired) electrons. The third-order valence-corrected chi connectivity index (χ3v) is 7.22. The Morgan fingerprint density at radius 3 is 1.67 bits per heavy atom. The number of benzene rings is 3. The van der Waals surface area contributed by atoms with Crippen molar-refractivity contribution in [1.82, 2.24) is 4.90 Å². The largest absolute Gasteiger partial charge is 0.497 e. The lowest BCUT2D eigenvalue weighted by Crippen LogP contribution is -2.41. The summed E-state index contributed by atoms with van der Waals surface area (Å²) in [5, 5.41) is 2.77. The van der Waals surface area contributed by atoms with Crippen LogP contribution in [0.3, 0.4) is 0 Å². The predicted molar refractivity (Wildman–Crippen MR) is 122 cm³/mol. The van der Waals surface area contributed by atoms with Gasteiger partial charge in [0.2, 0.25) is 17.7 Å². The number of methoxy groups -OCH3 is 1. The Balaban J connectivity index is 1.31. The van der Waals surface area contributed by atoms with Crippen molar-refractivity contribution in [3.05, 3.63) is 95.1 Å². The maximum absolute atomic E-state index is 13.5. The lowest BCUT2D eigenvalue weighted by Gasteiger charge is -2.45. The smallest absolute Gasteiger partial charge is 0.244 e. The molecule has 3 amide bonds. The highest BCUT2D eigenvalue weighted by atomic mass is 16.5. The fourth-order valence-electron chi connectivity index (χ4n) is 5.91. The highest BCUT2D eigenvalue weighted by molar-refractivity contribution is 6.10. The Kier molecular flexibility index (Phi) is 4.37. The van der Waals surface area contributed by atoms with E-state index in [0.29, 0.717) is 11.4 Å². The molecule has 0 unspecified atom stereocenters. The van der Waals surface area contributed by atoms with Crippen molar-refractivity contribution in [3.8, 4) is 5.75 Å². The highest BCUT2D eigenvalue weighted by Gasteiger charge is 2.61. The van der Waals surface area contributed by atoms with Crippen LogP contribution in [0, 0.1) is 11.8 Å². The number of nitrogens with one attached hydrogen (secondary N) is 1. The molecule has 1 heterocycles. The molecule has 3 aromatic rings. The Hall–Kier alpha value is -3.93. The molecule has 1 fully saturated rings. The zero-order valence-corrected chi connectivity index (χ0v) is 18.0. The van der Waals surface area contributed by atoms with E-state index in [1.165, 1.54) is 0 Å². The summed E-state index contributed by atoms with van der Waals surface area (Å²) >= 11 is 0. The zero-order chi connectivity index (χ0) is 22.7. The quantitative estimate of drug-likeness (QED) is 0.633. The molecule has 4 aliphatic rings. The van der Waals surface area contributed by atoms with E-state index in [4.69, 9.17) is 4.74 Å². The Morgan fingerprint density at radius 2 is 1.24 bits per heavy atom. The van der Waals surface area contributed by atoms with Crippen LogP contribution in [0.25, 0.3) is 0 Å². The number of hydrogen-bond donors (Lipinski definition) is 1. The normalized spacial score (nSPS) is 24.2. The van der Waals surface area contributed by atoms with Crippen LogP contribution >= 0.6 is 0 Å². The number of rotatable bonds is 4. The average molecular weight is 438 g/mol. The molecule has 3 aliphatic carbocycles. The lowest BCUT2D eigenvalue weighted by molar-refractivity contribution is -0.142. The first-order valence-corrected chi connectivity index (χ1v) is 11.0. The van der Waals surface area contributed by atoms with Gasteiger partial charge in [-0.05, 0) is 46.5 Å². The summed E-state index contributed by atoms with van der Waals surface area (Å²) in [5.74, 6) is -1.51. The van der Waals surface area contributed by atoms with Crippen LogP contribution in [-0.4, -0.2) is 36.3 Å². The van der Waals surface area contributed by atoms with E-state index < -0.39 is 17.7 Å². The Morgan fingerprint density at radius 1 is 0.788 bits per heavy atom. The molecule has 3 aromatic carbocycles. The van der Waals surface area contributed by atoms with Gasteiger partial charge in [-0.15, -0.1) is 0 Å². The molecular formula is C27H22N2O4. The van der Waals surface area contributed by atoms with Gasteiger partial charge in [-0.1, -0.05) is 48.5 Å². The number of likely N-dealkylation sites (tertiary alicyclic amines) is 1. The summed E-state index contributed by atoms with van der Waals surface area (Å²) in [7, 11) is 1.57. The molecule has 1 aliphatic heterocycles. The van der Waals surface area contributed by atoms with Gasteiger partial charge >= 0.3 is 0 Å². The second-order valence-electron chi connectivity index (χ2n) is 8.80. The summed E-state index contributed by atoms with van der Waals surface area (Å²) in [6.45, 7) is -0.289. The van der Waals surface area contributed by atoms with E-state index in [0.717, 1.165) is 27.2 Å². The number of anilines is 1. The van der Waals surface area contributed by atoms with E-state index in [2.05, 4.69) is 29.6 Å². The number of hydrogen-bond acceptors (Lipinski definition) is 4. The van der Waals surface area contributed by atoms with Crippen molar-refractivity contribution < 1.29 is 19.1 Å². The van der Waals surface area contributed by atoms with Gasteiger partial charge in [0.25, 0.3) is 0 Å². The van der Waals surface area contributed by atoms with Crippen molar-refractivity contribution in [1.29, 1.82) is 0 Å². The molecule has 6 heteroatoms. The molecule has 2 atom stereocenters. The number of carbonyl (C=O) groups is 3. The third kappa shape index (κ3) is 2.83. The number of ether oxygens (including phenoxy) is 1. The van der Waals surface area contributed by atoms with Crippen LogP contribution in [-0.2, 0) is 14.4 Å².